The minimum absolute atomic E-state index is 0.116. The number of thiophene rings is 1. The Bertz CT molecular complexity index is 654. The summed E-state index contributed by atoms with van der Waals surface area (Å²) in [7, 11) is 0. The maximum atomic E-state index is 13.1. The lowest BCUT2D eigenvalue weighted by Crippen LogP contribution is -2.91. The van der Waals surface area contributed by atoms with Crippen LogP contribution in [0.3, 0.4) is 0 Å². The molecule has 0 unspecified atom stereocenters. The summed E-state index contributed by atoms with van der Waals surface area (Å²) in [5.74, 6) is -0.138. The van der Waals surface area contributed by atoms with E-state index in [0.717, 1.165) is 12.0 Å². The van der Waals surface area contributed by atoms with Gasteiger partial charge in [0, 0.05) is 16.3 Å². The van der Waals surface area contributed by atoms with Gasteiger partial charge in [0.2, 0.25) is 0 Å². The van der Waals surface area contributed by atoms with Crippen molar-refractivity contribution in [1.82, 2.24) is 4.90 Å². The first-order valence-electron chi connectivity index (χ1n) is 8.38. The van der Waals surface area contributed by atoms with Crippen molar-refractivity contribution in [3.8, 4) is 0 Å². The number of carbonyl (C=O) groups is 1. The van der Waals surface area contributed by atoms with Gasteiger partial charge in [-0.1, -0.05) is 19.1 Å². The minimum Gasteiger partial charge on any atom is -0.336 e. The molecule has 0 bridgehead atoms. The number of aryl methyl sites for hydroxylation is 1. The molecule has 0 aliphatic rings. The molecule has 2 N–H and O–H groups in total. The number of rotatable bonds is 8. The highest BCUT2D eigenvalue weighted by molar-refractivity contribution is 7.11. The third-order valence-corrected chi connectivity index (χ3v) is 5.11. The summed E-state index contributed by atoms with van der Waals surface area (Å²) in [5.41, 5.74) is 0.946. The molecule has 1 amide bonds. The van der Waals surface area contributed by atoms with E-state index in [2.05, 4.69) is 38.2 Å². The van der Waals surface area contributed by atoms with Crippen LogP contribution in [-0.2, 0) is 17.9 Å². The molecule has 3 nitrogen and oxygen atoms in total. The predicted octanol–water partition coefficient (Wildman–Crippen LogP) is 3.09. The highest BCUT2D eigenvalue weighted by Gasteiger charge is 2.18. The largest absolute Gasteiger partial charge is 0.336 e. The molecular formula is C19H26FN2OS+. The summed E-state index contributed by atoms with van der Waals surface area (Å²) in [6.07, 6.45) is 1.04. The first-order chi connectivity index (χ1) is 11.5. The number of halogens is 1. The van der Waals surface area contributed by atoms with E-state index in [0.29, 0.717) is 25.7 Å². The third kappa shape index (κ3) is 5.73. The van der Waals surface area contributed by atoms with Gasteiger partial charge in [0.05, 0.1) is 12.6 Å². The zero-order valence-corrected chi connectivity index (χ0v) is 15.4. The van der Waals surface area contributed by atoms with Crippen molar-refractivity contribution in [2.75, 3.05) is 6.54 Å². The van der Waals surface area contributed by atoms with Gasteiger partial charge < -0.3 is 10.2 Å². The van der Waals surface area contributed by atoms with E-state index in [-0.39, 0.29) is 11.7 Å². The third-order valence-electron chi connectivity index (χ3n) is 4.12. The number of carbonyl (C=O) groups excluding carboxylic acids is 1. The smallest absolute Gasteiger partial charge is 0.278 e. The molecule has 5 heteroatoms. The van der Waals surface area contributed by atoms with Crippen molar-refractivity contribution in [3.63, 3.8) is 0 Å². The van der Waals surface area contributed by atoms with Gasteiger partial charge in [-0.05, 0) is 50.1 Å². The Morgan fingerprint density at radius 1 is 1.21 bits per heavy atom. The second kappa shape index (κ2) is 8.94. The van der Waals surface area contributed by atoms with Gasteiger partial charge >= 0.3 is 0 Å². The van der Waals surface area contributed by atoms with Crippen molar-refractivity contribution in [2.45, 2.75) is 46.3 Å². The van der Waals surface area contributed by atoms with Gasteiger partial charge in [-0.3, -0.25) is 4.79 Å². The molecule has 0 spiro atoms. The van der Waals surface area contributed by atoms with Crippen molar-refractivity contribution in [1.29, 1.82) is 0 Å². The number of nitrogens with zero attached hydrogens (tertiary/aromatic N) is 1. The van der Waals surface area contributed by atoms with Crippen molar-refractivity contribution in [2.24, 2.45) is 0 Å². The Morgan fingerprint density at radius 2 is 1.92 bits per heavy atom. The Labute approximate surface area is 147 Å². The van der Waals surface area contributed by atoms with Gasteiger partial charge in [-0.25, -0.2) is 4.39 Å². The number of hydrogen-bond acceptors (Lipinski definition) is 2. The SMILES string of the molecule is CC[C@@H](C)[NH2+]CC(=O)N(Cc1ccc(F)cc1)Cc1ccc(C)s1. The quantitative estimate of drug-likeness (QED) is 0.781. The van der Waals surface area contributed by atoms with Crippen LogP contribution in [0.25, 0.3) is 0 Å². The predicted molar refractivity (Wildman–Crippen MR) is 96.3 cm³/mol. The molecule has 2 rings (SSSR count). The summed E-state index contributed by atoms with van der Waals surface area (Å²) in [4.78, 5) is 16.9. The van der Waals surface area contributed by atoms with E-state index in [1.165, 1.54) is 21.9 Å². The van der Waals surface area contributed by atoms with Crippen LogP contribution in [0.4, 0.5) is 4.39 Å². The Balaban J connectivity index is 2.07. The summed E-state index contributed by atoms with van der Waals surface area (Å²) in [6, 6.07) is 11.0. The highest BCUT2D eigenvalue weighted by Crippen LogP contribution is 2.18. The molecule has 1 aromatic carbocycles. The van der Waals surface area contributed by atoms with Crippen LogP contribution < -0.4 is 5.32 Å². The van der Waals surface area contributed by atoms with Crippen LogP contribution in [0.2, 0.25) is 0 Å². The number of nitrogens with two attached hydrogens (primary N) is 1. The maximum absolute atomic E-state index is 13.1. The van der Waals surface area contributed by atoms with Gasteiger partial charge in [-0.2, -0.15) is 0 Å². The highest BCUT2D eigenvalue weighted by atomic mass is 32.1. The zero-order valence-electron chi connectivity index (χ0n) is 14.6. The lowest BCUT2D eigenvalue weighted by Gasteiger charge is -2.22. The first-order valence-corrected chi connectivity index (χ1v) is 9.20. The van der Waals surface area contributed by atoms with Crippen LogP contribution >= 0.6 is 11.3 Å². The molecular weight excluding hydrogens is 323 g/mol. The van der Waals surface area contributed by atoms with Crippen molar-refractivity contribution < 1.29 is 14.5 Å². The molecule has 0 aliphatic heterocycles. The standard InChI is InChI=1S/C19H25FN2OS/c1-4-14(2)21-11-19(23)22(13-18-10-5-15(3)24-18)12-16-6-8-17(20)9-7-16/h5-10,14,21H,4,11-13H2,1-3H3/p+1/t14-/m1/s1. The molecule has 0 saturated heterocycles. The van der Waals surface area contributed by atoms with Crippen LogP contribution in [0.15, 0.2) is 36.4 Å². The number of benzene rings is 1. The fourth-order valence-electron chi connectivity index (χ4n) is 2.40. The van der Waals surface area contributed by atoms with E-state index in [1.807, 2.05) is 4.90 Å². The molecule has 1 atom stereocenters. The summed E-state index contributed by atoms with van der Waals surface area (Å²) < 4.78 is 13.1. The minimum atomic E-state index is -0.254. The van der Waals surface area contributed by atoms with E-state index >= 15 is 0 Å². The van der Waals surface area contributed by atoms with Crippen LogP contribution in [0, 0.1) is 12.7 Å². The molecule has 24 heavy (non-hydrogen) atoms. The molecule has 0 radical (unpaired) electrons. The Morgan fingerprint density at radius 3 is 2.50 bits per heavy atom. The van der Waals surface area contributed by atoms with Crippen LogP contribution in [-0.4, -0.2) is 23.4 Å². The zero-order chi connectivity index (χ0) is 17.5. The van der Waals surface area contributed by atoms with Gasteiger partial charge in [-0.15, -0.1) is 11.3 Å². The van der Waals surface area contributed by atoms with Gasteiger partial charge in [0.15, 0.2) is 6.54 Å². The number of amides is 1. The first kappa shape index (κ1) is 18.6. The summed E-state index contributed by atoms with van der Waals surface area (Å²) in [5, 5.41) is 2.08. The van der Waals surface area contributed by atoms with E-state index in [1.54, 1.807) is 23.5 Å². The molecule has 2 aromatic rings. The fraction of sp³-hybridized carbons (Fsp3) is 0.421. The summed E-state index contributed by atoms with van der Waals surface area (Å²) >= 11 is 1.71. The van der Waals surface area contributed by atoms with Crippen molar-refractivity contribution >= 4 is 17.2 Å². The summed E-state index contributed by atoms with van der Waals surface area (Å²) in [6.45, 7) is 7.86. The second-order valence-corrected chi connectivity index (χ2v) is 7.59. The molecule has 0 fully saturated rings. The van der Waals surface area contributed by atoms with Crippen LogP contribution in [0.5, 0.6) is 0 Å². The normalized spacial score (nSPS) is 12.2. The van der Waals surface area contributed by atoms with Crippen LogP contribution in [0.1, 0.15) is 35.6 Å². The number of quaternary nitrogens is 1. The number of hydrogen-bond donors (Lipinski definition) is 1. The lowest BCUT2D eigenvalue weighted by atomic mass is 10.2. The fourth-order valence-corrected chi connectivity index (χ4v) is 3.30. The topological polar surface area (TPSA) is 36.9 Å². The Hall–Kier alpha value is -1.72. The molecule has 130 valence electrons. The molecule has 0 saturated carbocycles. The Kier molecular flexibility index (Phi) is 6.94. The van der Waals surface area contributed by atoms with E-state index in [9.17, 15) is 9.18 Å². The van der Waals surface area contributed by atoms with Gasteiger partial charge in [0.25, 0.3) is 5.91 Å². The van der Waals surface area contributed by atoms with E-state index < -0.39 is 0 Å². The second-order valence-electron chi connectivity index (χ2n) is 6.21. The average molecular weight is 349 g/mol. The average Bonchev–Trinajstić information content (AvgIpc) is 2.98. The lowest BCUT2D eigenvalue weighted by molar-refractivity contribution is -0.676. The molecule has 1 heterocycles. The maximum Gasteiger partial charge on any atom is 0.278 e. The van der Waals surface area contributed by atoms with Crippen molar-refractivity contribution in [3.05, 3.63) is 57.5 Å². The van der Waals surface area contributed by atoms with E-state index in [4.69, 9.17) is 0 Å². The monoisotopic (exact) mass is 349 g/mol. The van der Waals surface area contributed by atoms with Gasteiger partial charge in [0.1, 0.15) is 5.82 Å². The molecule has 1 aromatic heterocycles. The molecule has 0 aliphatic carbocycles.